The fraction of sp³-hybridized carbons (Fsp3) is 1.00. The second-order valence-electron chi connectivity index (χ2n) is 4.51. The molecule has 0 radical (unpaired) electrons. The van der Waals surface area contributed by atoms with Gasteiger partial charge in [0.05, 0.1) is 0 Å². The van der Waals surface area contributed by atoms with Crippen molar-refractivity contribution in [1.29, 1.82) is 0 Å². The van der Waals surface area contributed by atoms with Gasteiger partial charge in [-0.3, -0.25) is 0 Å². The first kappa shape index (κ1) is 9.47. The summed E-state index contributed by atoms with van der Waals surface area (Å²) in [6.45, 7) is 7.45. The number of hydrogen-bond donors (Lipinski definition) is 1. The summed E-state index contributed by atoms with van der Waals surface area (Å²) in [6, 6.07) is 0.868. The molecule has 1 saturated carbocycles. The topological polar surface area (TPSA) is 15.3 Å². The second-order valence-corrected chi connectivity index (χ2v) is 4.51. The molecule has 1 aliphatic heterocycles. The summed E-state index contributed by atoms with van der Waals surface area (Å²) in [4.78, 5) is 2.58. The van der Waals surface area contributed by atoms with Crippen molar-refractivity contribution >= 4 is 0 Å². The van der Waals surface area contributed by atoms with Crippen molar-refractivity contribution in [3.8, 4) is 0 Å². The molecule has 1 saturated heterocycles. The molecule has 2 fully saturated rings. The smallest absolute Gasteiger partial charge is 0.0107 e. The Bertz CT molecular complexity index is 152. The Morgan fingerprint density at radius 1 is 1.31 bits per heavy atom. The van der Waals surface area contributed by atoms with Crippen LogP contribution in [0.5, 0.6) is 0 Å². The third-order valence-corrected chi connectivity index (χ3v) is 3.48. The van der Waals surface area contributed by atoms with Crippen LogP contribution in [-0.4, -0.2) is 37.1 Å². The Hall–Kier alpha value is -0.0800. The standard InChI is InChI=1S/C11H22N2/c1-2-10-9-11(10)12-5-8-13-6-3-4-7-13/h10-12H,2-9H2,1H3. The maximum Gasteiger partial charge on any atom is 0.0107 e. The molecule has 1 N–H and O–H groups in total. The van der Waals surface area contributed by atoms with Crippen LogP contribution in [0.1, 0.15) is 32.6 Å². The average molecular weight is 182 g/mol. The van der Waals surface area contributed by atoms with Crippen LogP contribution in [0.15, 0.2) is 0 Å². The van der Waals surface area contributed by atoms with Gasteiger partial charge in [0.25, 0.3) is 0 Å². The highest BCUT2D eigenvalue weighted by molar-refractivity contribution is 4.91. The highest BCUT2D eigenvalue weighted by Gasteiger charge is 2.34. The van der Waals surface area contributed by atoms with E-state index in [1.807, 2.05) is 0 Å². The summed E-state index contributed by atoms with van der Waals surface area (Å²) < 4.78 is 0. The summed E-state index contributed by atoms with van der Waals surface area (Å²) in [5, 5.41) is 3.64. The van der Waals surface area contributed by atoms with Crippen molar-refractivity contribution in [3.05, 3.63) is 0 Å². The van der Waals surface area contributed by atoms with Gasteiger partial charge in [-0.15, -0.1) is 0 Å². The third kappa shape index (κ3) is 2.68. The minimum Gasteiger partial charge on any atom is -0.312 e. The van der Waals surface area contributed by atoms with Gasteiger partial charge in [0, 0.05) is 19.1 Å². The Kier molecular flexibility index (Phi) is 3.23. The van der Waals surface area contributed by atoms with Crippen LogP contribution < -0.4 is 5.32 Å². The first-order valence-corrected chi connectivity index (χ1v) is 5.86. The zero-order valence-electron chi connectivity index (χ0n) is 8.76. The predicted molar refractivity (Wildman–Crippen MR) is 55.9 cm³/mol. The minimum absolute atomic E-state index is 0.868. The van der Waals surface area contributed by atoms with Crippen molar-refractivity contribution in [3.63, 3.8) is 0 Å². The lowest BCUT2D eigenvalue weighted by Crippen LogP contribution is -2.31. The highest BCUT2D eigenvalue weighted by Crippen LogP contribution is 2.32. The Morgan fingerprint density at radius 3 is 2.69 bits per heavy atom. The number of nitrogens with one attached hydrogen (secondary N) is 1. The summed E-state index contributed by atoms with van der Waals surface area (Å²) in [7, 11) is 0. The Balaban J connectivity index is 1.49. The number of hydrogen-bond acceptors (Lipinski definition) is 2. The molecule has 76 valence electrons. The van der Waals surface area contributed by atoms with Gasteiger partial charge in [-0.2, -0.15) is 0 Å². The molecule has 13 heavy (non-hydrogen) atoms. The van der Waals surface area contributed by atoms with E-state index < -0.39 is 0 Å². The van der Waals surface area contributed by atoms with Crippen LogP contribution in [0.3, 0.4) is 0 Å². The van der Waals surface area contributed by atoms with Gasteiger partial charge < -0.3 is 10.2 Å². The van der Waals surface area contributed by atoms with E-state index in [1.165, 1.54) is 51.9 Å². The first-order valence-electron chi connectivity index (χ1n) is 5.86. The first-order chi connectivity index (χ1) is 6.40. The molecule has 0 amide bonds. The molecule has 2 atom stereocenters. The molecule has 2 aliphatic rings. The van der Waals surface area contributed by atoms with E-state index in [0.717, 1.165) is 12.0 Å². The number of rotatable bonds is 5. The van der Waals surface area contributed by atoms with Gasteiger partial charge in [0.1, 0.15) is 0 Å². The lowest BCUT2D eigenvalue weighted by molar-refractivity contribution is 0.334. The fourth-order valence-corrected chi connectivity index (χ4v) is 2.36. The van der Waals surface area contributed by atoms with E-state index in [-0.39, 0.29) is 0 Å². The van der Waals surface area contributed by atoms with Crippen LogP contribution in [0.2, 0.25) is 0 Å². The van der Waals surface area contributed by atoms with E-state index in [9.17, 15) is 0 Å². The van der Waals surface area contributed by atoms with Gasteiger partial charge in [0.15, 0.2) is 0 Å². The summed E-state index contributed by atoms with van der Waals surface area (Å²) in [5.41, 5.74) is 0. The zero-order valence-corrected chi connectivity index (χ0v) is 8.76. The van der Waals surface area contributed by atoms with E-state index in [2.05, 4.69) is 17.1 Å². The normalized spacial score (nSPS) is 33.9. The minimum atomic E-state index is 0.868. The van der Waals surface area contributed by atoms with Crippen LogP contribution in [0.4, 0.5) is 0 Å². The summed E-state index contributed by atoms with van der Waals surface area (Å²) in [5.74, 6) is 0.999. The summed E-state index contributed by atoms with van der Waals surface area (Å²) in [6.07, 6.45) is 5.62. The molecule has 0 aromatic rings. The van der Waals surface area contributed by atoms with Gasteiger partial charge in [0.2, 0.25) is 0 Å². The second kappa shape index (κ2) is 4.43. The number of nitrogens with zero attached hydrogens (tertiary/aromatic N) is 1. The summed E-state index contributed by atoms with van der Waals surface area (Å²) >= 11 is 0. The Morgan fingerprint density at radius 2 is 2.08 bits per heavy atom. The molecule has 0 aromatic heterocycles. The quantitative estimate of drug-likeness (QED) is 0.692. The zero-order chi connectivity index (χ0) is 9.10. The maximum atomic E-state index is 3.64. The van der Waals surface area contributed by atoms with Crippen molar-refractivity contribution in [1.82, 2.24) is 10.2 Å². The molecule has 2 nitrogen and oxygen atoms in total. The molecule has 2 heteroatoms. The molecule has 2 rings (SSSR count). The largest absolute Gasteiger partial charge is 0.312 e. The van der Waals surface area contributed by atoms with Crippen LogP contribution in [-0.2, 0) is 0 Å². The van der Waals surface area contributed by atoms with Gasteiger partial charge in [-0.1, -0.05) is 13.3 Å². The van der Waals surface area contributed by atoms with Crippen LogP contribution >= 0.6 is 0 Å². The van der Waals surface area contributed by atoms with Crippen molar-refractivity contribution in [2.45, 2.75) is 38.6 Å². The molecule has 0 spiro atoms. The van der Waals surface area contributed by atoms with Crippen molar-refractivity contribution in [2.75, 3.05) is 26.2 Å². The van der Waals surface area contributed by atoms with Gasteiger partial charge >= 0.3 is 0 Å². The SMILES string of the molecule is CCC1CC1NCCN1CCCC1. The highest BCUT2D eigenvalue weighted by atomic mass is 15.2. The van der Waals surface area contributed by atoms with Crippen LogP contribution in [0, 0.1) is 5.92 Å². The number of likely N-dealkylation sites (tertiary alicyclic amines) is 1. The molecule has 2 unspecified atom stereocenters. The molecule has 0 bridgehead atoms. The molecule has 1 heterocycles. The van der Waals surface area contributed by atoms with E-state index in [4.69, 9.17) is 0 Å². The molecular formula is C11H22N2. The third-order valence-electron chi connectivity index (χ3n) is 3.48. The van der Waals surface area contributed by atoms with Crippen molar-refractivity contribution < 1.29 is 0 Å². The molecular weight excluding hydrogens is 160 g/mol. The van der Waals surface area contributed by atoms with Gasteiger partial charge in [-0.05, 0) is 38.3 Å². The van der Waals surface area contributed by atoms with Gasteiger partial charge in [-0.25, -0.2) is 0 Å². The molecule has 1 aliphatic carbocycles. The predicted octanol–water partition coefficient (Wildman–Crippen LogP) is 1.47. The fourth-order valence-electron chi connectivity index (χ4n) is 2.36. The van der Waals surface area contributed by atoms with E-state index >= 15 is 0 Å². The Labute approximate surface area is 81.7 Å². The van der Waals surface area contributed by atoms with E-state index in [0.29, 0.717) is 0 Å². The lowest BCUT2D eigenvalue weighted by Gasteiger charge is -2.14. The average Bonchev–Trinajstić information content (AvgIpc) is 2.69. The maximum absolute atomic E-state index is 3.64. The van der Waals surface area contributed by atoms with E-state index in [1.54, 1.807) is 0 Å². The lowest BCUT2D eigenvalue weighted by atomic mass is 10.3. The van der Waals surface area contributed by atoms with Crippen molar-refractivity contribution in [2.24, 2.45) is 5.92 Å². The molecule has 0 aromatic carbocycles. The van der Waals surface area contributed by atoms with Crippen LogP contribution in [0.25, 0.3) is 0 Å². The monoisotopic (exact) mass is 182 g/mol.